The average Bonchev–Trinajstić information content (AvgIpc) is 0.764. The van der Waals surface area contributed by atoms with Gasteiger partial charge < -0.3 is 190 Å². The Morgan fingerprint density at radius 1 is 0.155 bits per heavy atom. The topological polar surface area (TPSA) is 391 Å². The Bertz CT molecular complexity index is 2530. The maximum Gasteiger partial charge on any atom is 0.187 e. The van der Waals surface area contributed by atoms with Gasteiger partial charge in [-0.1, -0.05) is 0 Å². The van der Waals surface area contributed by atoms with Crippen LogP contribution >= 0.6 is 0 Å². The summed E-state index contributed by atoms with van der Waals surface area (Å²) in [5, 5.41) is 22.7. The third-order valence-electron chi connectivity index (χ3n) is 21.8. The van der Waals surface area contributed by atoms with E-state index in [0.717, 1.165) is 0 Å². The summed E-state index contributed by atoms with van der Waals surface area (Å²) in [5.74, 6) is 0. The first-order chi connectivity index (χ1) is 53.5. The van der Waals surface area contributed by atoms with E-state index in [0.29, 0.717) is 0 Å². The van der Waals surface area contributed by atoms with Gasteiger partial charge in [-0.05, 0) is 0 Å². The van der Waals surface area contributed by atoms with Crippen molar-refractivity contribution in [2.24, 2.45) is 0 Å². The number of methoxy groups -OCH3 is 22. The van der Waals surface area contributed by atoms with Crippen LogP contribution in [0.3, 0.4) is 0 Å². The monoisotopic (exact) mass is 1600 g/mol. The van der Waals surface area contributed by atoms with Crippen LogP contribution in [0.15, 0.2) is 0 Å². The maximum atomic E-state index is 11.3. The molecule has 30 rings (SSSR count). The summed E-state index contributed by atoms with van der Waals surface area (Å²) >= 11 is 0. The highest BCUT2D eigenvalue weighted by Gasteiger charge is 2.63. The molecule has 0 aromatic heterocycles. The van der Waals surface area contributed by atoms with Gasteiger partial charge in [0.1, 0.15) is 195 Å². The summed E-state index contributed by atoms with van der Waals surface area (Å²) in [6, 6.07) is 0. The molecule has 110 heavy (non-hydrogen) atoms. The summed E-state index contributed by atoms with van der Waals surface area (Å²) in [6.07, 6.45) is -44.5. The fourth-order valence-electron chi connectivity index (χ4n) is 16.7. The molecule has 0 aromatic rings. The minimum absolute atomic E-state index is 0.0690. The average molecular weight is 1610 g/mol. The van der Waals surface area contributed by atoms with Crippen LogP contribution < -0.4 is 0 Å². The lowest BCUT2D eigenvalue weighted by Gasteiger charge is -2.53. The molecule has 0 radical (unpaired) electrons. The van der Waals surface area contributed by atoms with Crippen molar-refractivity contribution in [1.82, 2.24) is 0 Å². The van der Waals surface area contributed by atoms with Crippen molar-refractivity contribution in [3.05, 3.63) is 0 Å². The van der Waals surface area contributed by atoms with E-state index in [-0.39, 0.29) is 39.6 Å². The van der Waals surface area contributed by atoms with Gasteiger partial charge in [-0.3, -0.25) is 0 Å². The zero-order valence-electron chi connectivity index (χ0n) is 67.2. The van der Waals surface area contributed by atoms with Crippen molar-refractivity contribution in [2.75, 3.05) is 209 Å². The van der Waals surface area contributed by atoms with Gasteiger partial charge in [0.05, 0.1) is 52.9 Å². The number of hydrogen-bond acceptors (Lipinski definition) is 40. The van der Waals surface area contributed by atoms with Crippen LogP contribution in [-0.4, -0.2) is 465 Å². The SMILES string of the molecule is COC[C@H]1O[C@@H]2O[C@H]3[C@H](OC)[C@@H](OC)[C@@H](O[C@H]4[C@H](OC)[C@@H](OC)[C@@H](O[C@H]5[C@H](OC)[C@@H](OC)[C@@H](O[C@H]6[C@H](OC)[C@@H](OC)[C@@H](O[C@H]7[C@H](OC)[C@@H](OC)[C@@H](O[C@H]8[C@H](OC)[C@@H](OC)[C@@H](O[C@H]9[C@H](OC)[C@@H](OC)[C@@H](O[C@H]1[C@H](OC)[C@H]2OC)O[C@@H]9CO)O[C@@H]8CO)O[C@@H]7COC)O[C@@H]6COC)O[C@@H]5COC)O[C@@H]4COC)O[C@@H]3COC. The molecule has 644 valence electrons. The fraction of sp³-hybridized carbons (Fsp3) is 1.00. The van der Waals surface area contributed by atoms with E-state index in [4.69, 9.17) is 180 Å². The van der Waals surface area contributed by atoms with E-state index in [2.05, 4.69) is 0 Å². The standard InChI is InChI=1S/C70H124O40/c1-73-25-33-41-49(81-9)58(90-18)66(98-33)107-43-35(27-75-3)100-68(60(92-20)51(43)83-11)109-45-37(29-77-5)102-70(62(94-22)53(45)85-13)110-46-38(30-78-6)101-69(61(93-21)54(46)86-14)108-44-36(28-76-4)99-67(59(91-19)52(44)84-12)106-42-34(26-74-2)97-65(57(89-17)50(42)82-10)104-40-32(24-72)95-63(55(87-15)48(40)80-8)103-39-31(23-71)96-64(105-41)56(88-16)47(39)79-7/h31-72H,23-30H2,1-22H3/t31-,32-,33-,34-,35-,36-,37-,38-,39-,40-,41-,42-,43-,44-,45-,46-,47+,48+,49+,50+,51+,52+,53+,54+,55-,56-,57-,58-,59-,60-,61-,62-,63-,64-,65-,66-,67-,68-,69-,70-/m1/s1. The Kier molecular flexibility index (Phi) is 37.7. The van der Waals surface area contributed by atoms with Crippen molar-refractivity contribution >= 4 is 0 Å². The molecule has 30 aliphatic rings. The summed E-state index contributed by atoms with van der Waals surface area (Å²) in [4.78, 5) is 0. The minimum Gasteiger partial charge on any atom is -0.394 e. The molecule has 0 amide bonds. The van der Waals surface area contributed by atoms with E-state index >= 15 is 0 Å². The summed E-state index contributed by atoms with van der Waals surface area (Å²) in [6.45, 7) is -1.79. The Labute approximate surface area is 643 Å². The predicted octanol–water partition coefficient (Wildman–Crippen LogP) is -3.02. The maximum absolute atomic E-state index is 11.3. The Balaban J connectivity index is 1.12. The number of rotatable bonds is 30. The molecule has 30 saturated heterocycles. The third kappa shape index (κ3) is 19.8. The Morgan fingerprint density at radius 3 is 0.364 bits per heavy atom. The lowest BCUT2D eigenvalue weighted by Crippen LogP contribution is -2.70. The molecular weight excluding hydrogens is 1480 g/mol. The number of aliphatic hydroxyl groups excluding tert-OH is 2. The normalized spacial score (nSPS) is 46.7. The summed E-state index contributed by atoms with van der Waals surface area (Å²) in [5.41, 5.74) is 0. The number of aliphatic hydroxyl groups is 2. The van der Waals surface area contributed by atoms with Crippen LogP contribution in [-0.2, 0) is 180 Å². The molecule has 0 saturated carbocycles. The highest BCUT2D eigenvalue weighted by molar-refractivity contribution is 5.05. The second-order valence-electron chi connectivity index (χ2n) is 27.5. The van der Waals surface area contributed by atoms with Gasteiger partial charge in [-0.15, -0.1) is 0 Å². The Hall–Kier alpha value is -1.60. The van der Waals surface area contributed by atoms with Crippen molar-refractivity contribution in [3.8, 4) is 0 Å². The van der Waals surface area contributed by atoms with E-state index in [1.54, 1.807) is 0 Å². The zero-order valence-corrected chi connectivity index (χ0v) is 67.2. The first-order valence-corrected chi connectivity index (χ1v) is 36.6. The molecular formula is C70H124O40. The van der Waals surface area contributed by atoms with Crippen molar-refractivity contribution in [1.29, 1.82) is 0 Å². The molecule has 30 fully saturated rings. The van der Waals surface area contributed by atoms with Gasteiger partial charge in [0, 0.05) is 156 Å². The molecule has 40 atom stereocenters. The summed E-state index contributed by atoms with van der Waals surface area (Å²) in [7, 11) is 32.4. The van der Waals surface area contributed by atoms with Crippen LogP contribution in [0.5, 0.6) is 0 Å². The molecule has 30 heterocycles. The van der Waals surface area contributed by atoms with Gasteiger partial charge in [0.15, 0.2) is 50.3 Å². The largest absolute Gasteiger partial charge is 0.394 e. The van der Waals surface area contributed by atoms with Gasteiger partial charge in [0.25, 0.3) is 0 Å². The van der Waals surface area contributed by atoms with E-state index in [9.17, 15) is 10.2 Å². The molecule has 0 spiro atoms. The molecule has 16 bridgehead atoms. The number of ether oxygens (including phenoxy) is 38. The van der Waals surface area contributed by atoms with Crippen LogP contribution in [0.1, 0.15) is 0 Å². The highest BCUT2D eigenvalue weighted by atomic mass is 16.8. The first kappa shape index (κ1) is 92.3. The third-order valence-corrected chi connectivity index (χ3v) is 21.8. The quantitative estimate of drug-likeness (QED) is 0.0723. The molecule has 0 unspecified atom stereocenters. The number of hydrogen-bond donors (Lipinski definition) is 2. The van der Waals surface area contributed by atoms with Gasteiger partial charge in [-0.2, -0.15) is 0 Å². The smallest absolute Gasteiger partial charge is 0.187 e. The summed E-state index contributed by atoms with van der Waals surface area (Å²) < 4.78 is 246. The Morgan fingerprint density at radius 2 is 0.264 bits per heavy atom. The molecule has 40 heteroatoms. The first-order valence-electron chi connectivity index (χ1n) is 36.6. The minimum atomic E-state index is -1.39. The predicted molar refractivity (Wildman–Crippen MR) is 366 cm³/mol. The van der Waals surface area contributed by atoms with Gasteiger partial charge in [-0.25, -0.2) is 0 Å². The van der Waals surface area contributed by atoms with Gasteiger partial charge in [0.2, 0.25) is 0 Å². The molecule has 40 nitrogen and oxygen atoms in total. The van der Waals surface area contributed by atoms with E-state index in [1.807, 2.05) is 0 Å². The van der Waals surface area contributed by atoms with Crippen molar-refractivity contribution < 1.29 is 190 Å². The van der Waals surface area contributed by atoms with E-state index in [1.165, 1.54) is 156 Å². The molecule has 0 aliphatic carbocycles. The van der Waals surface area contributed by atoms with Crippen molar-refractivity contribution in [3.63, 3.8) is 0 Å². The second-order valence-corrected chi connectivity index (χ2v) is 27.5. The van der Waals surface area contributed by atoms with Crippen molar-refractivity contribution in [2.45, 2.75) is 246 Å². The van der Waals surface area contributed by atoms with Crippen LogP contribution in [0.2, 0.25) is 0 Å². The highest BCUT2D eigenvalue weighted by Crippen LogP contribution is 2.44. The van der Waals surface area contributed by atoms with Gasteiger partial charge >= 0.3 is 0 Å². The molecule has 30 aliphatic heterocycles. The van der Waals surface area contributed by atoms with Crippen LogP contribution in [0, 0.1) is 0 Å². The lowest BCUT2D eigenvalue weighted by atomic mass is 9.94. The van der Waals surface area contributed by atoms with Crippen LogP contribution in [0.25, 0.3) is 0 Å². The molecule has 2 N–H and O–H groups in total. The van der Waals surface area contributed by atoms with E-state index < -0.39 is 259 Å². The fourth-order valence-corrected chi connectivity index (χ4v) is 16.7. The zero-order chi connectivity index (χ0) is 79.6. The lowest BCUT2D eigenvalue weighted by molar-refractivity contribution is -0.409. The second kappa shape index (κ2) is 45.0. The van der Waals surface area contributed by atoms with Crippen LogP contribution in [0.4, 0.5) is 0 Å². The molecule has 0 aromatic carbocycles.